The number of ether oxygens (including phenoxy) is 3. The molecule has 0 aromatic rings. The van der Waals surface area contributed by atoms with E-state index in [1.165, 1.54) is 16.9 Å². The number of halogens is 2. The summed E-state index contributed by atoms with van der Waals surface area (Å²) in [5, 5.41) is 0. The highest BCUT2D eigenvalue weighted by Crippen LogP contribution is 2.31. The molecule has 0 aliphatic carbocycles. The Bertz CT molecular complexity index is 758. The van der Waals surface area contributed by atoms with Gasteiger partial charge in [0.1, 0.15) is 23.8 Å². The van der Waals surface area contributed by atoms with Gasteiger partial charge < -0.3 is 23.9 Å². The molecule has 0 N–H and O–H groups in total. The number of methoxy groups -OCH3 is 1. The topological polar surface area (TPSA) is 102 Å². The van der Waals surface area contributed by atoms with Crippen LogP contribution in [-0.4, -0.2) is 87.4 Å². The number of rotatable bonds is 6. The van der Waals surface area contributed by atoms with E-state index >= 15 is 0 Å². The van der Waals surface area contributed by atoms with Gasteiger partial charge in [0.15, 0.2) is 6.04 Å². The first kappa shape index (κ1) is 31.0. The van der Waals surface area contributed by atoms with Crippen LogP contribution in [0.25, 0.3) is 0 Å². The van der Waals surface area contributed by atoms with E-state index in [9.17, 15) is 19.2 Å². The number of carbonyl (C=O) groups is 4. The van der Waals surface area contributed by atoms with Gasteiger partial charge in [-0.15, -0.1) is 0 Å². The van der Waals surface area contributed by atoms with Gasteiger partial charge in [0.2, 0.25) is 11.8 Å². The summed E-state index contributed by atoms with van der Waals surface area (Å²) in [7, 11) is 1.31. The van der Waals surface area contributed by atoms with Gasteiger partial charge in [-0.3, -0.25) is 14.5 Å². The number of aldehydes is 1. The highest BCUT2D eigenvalue weighted by Gasteiger charge is 2.49. The Hall–Kier alpha value is -1.04. The van der Waals surface area contributed by atoms with Crippen molar-refractivity contribution >= 4 is 55.9 Å². The van der Waals surface area contributed by atoms with Crippen molar-refractivity contribution in [1.29, 1.82) is 0 Å². The van der Waals surface area contributed by atoms with Crippen LogP contribution in [-0.2, 0) is 33.4 Å². The molecule has 2 saturated heterocycles. The zero-order chi connectivity index (χ0) is 26.6. The average molecular weight is 614 g/mol. The SMILES string of the molecule is CC(C)C(Br)C(=O)N1C(C=O)COC1(C)C.COC(=O)C1COC(C)(C)N1C(=O)C(Br)C(C)C. The quantitative estimate of drug-likeness (QED) is 0.258. The smallest absolute Gasteiger partial charge is 0.331 e. The minimum atomic E-state index is -0.795. The van der Waals surface area contributed by atoms with Gasteiger partial charge in [0, 0.05) is 0 Å². The second-order valence-corrected chi connectivity index (χ2v) is 11.9. The van der Waals surface area contributed by atoms with Crippen molar-refractivity contribution < 1.29 is 33.4 Å². The van der Waals surface area contributed by atoms with E-state index in [-0.39, 0.29) is 46.5 Å². The zero-order valence-corrected chi connectivity index (χ0v) is 24.6. The summed E-state index contributed by atoms with van der Waals surface area (Å²) in [5.41, 5.74) is -1.50. The molecule has 0 radical (unpaired) electrons. The highest BCUT2D eigenvalue weighted by molar-refractivity contribution is 9.10. The minimum Gasteiger partial charge on any atom is -0.467 e. The fourth-order valence-electron chi connectivity index (χ4n) is 3.73. The van der Waals surface area contributed by atoms with Gasteiger partial charge >= 0.3 is 5.97 Å². The lowest BCUT2D eigenvalue weighted by atomic mass is 10.1. The van der Waals surface area contributed by atoms with E-state index in [1.807, 2.05) is 27.7 Å². The van der Waals surface area contributed by atoms with E-state index in [2.05, 4.69) is 31.9 Å². The van der Waals surface area contributed by atoms with Crippen molar-refractivity contribution in [3.63, 3.8) is 0 Å². The number of amides is 2. The molecule has 0 bridgehead atoms. The van der Waals surface area contributed by atoms with Gasteiger partial charge in [-0.25, -0.2) is 4.79 Å². The zero-order valence-electron chi connectivity index (χ0n) is 21.5. The number of hydrogen-bond donors (Lipinski definition) is 0. The summed E-state index contributed by atoms with van der Waals surface area (Å²) in [5.74, 6) is -0.377. The minimum absolute atomic E-state index is 0.0883. The predicted molar refractivity (Wildman–Crippen MR) is 135 cm³/mol. The lowest BCUT2D eigenvalue weighted by molar-refractivity contribution is -0.157. The molecular formula is C23H38Br2N2O7. The maximum Gasteiger partial charge on any atom is 0.331 e. The number of alkyl halides is 2. The molecular weight excluding hydrogens is 576 g/mol. The standard InChI is InChI=1S/C12H20BrNO4.C11H18BrNO3/c1-7(2)9(13)10(15)14-8(11(16)17-5)6-18-12(14,3)4;1-7(2)9(12)10(15)13-8(5-14)6-16-11(13,3)4/h7-9H,6H2,1-5H3;5,7-9H,6H2,1-4H3. The molecule has 0 aromatic carbocycles. The van der Waals surface area contributed by atoms with Gasteiger partial charge in [-0.2, -0.15) is 0 Å². The lowest BCUT2D eigenvalue weighted by Crippen LogP contribution is -2.54. The fraction of sp³-hybridized carbons (Fsp3) is 0.826. The molecule has 2 aliphatic heterocycles. The molecule has 4 unspecified atom stereocenters. The number of carbonyl (C=O) groups excluding carboxylic acids is 4. The lowest BCUT2D eigenvalue weighted by Gasteiger charge is -2.34. The van der Waals surface area contributed by atoms with Crippen molar-refractivity contribution in [1.82, 2.24) is 9.80 Å². The molecule has 4 atom stereocenters. The first-order valence-electron chi connectivity index (χ1n) is 11.3. The first-order chi connectivity index (χ1) is 15.5. The average Bonchev–Trinajstić information content (AvgIpc) is 3.25. The molecule has 2 amide bonds. The van der Waals surface area contributed by atoms with Gasteiger partial charge in [0.05, 0.1) is 30.0 Å². The van der Waals surface area contributed by atoms with Gasteiger partial charge in [-0.05, 0) is 39.5 Å². The molecule has 11 heteroatoms. The van der Waals surface area contributed by atoms with Gasteiger partial charge in [-0.1, -0.05) is 59.6 Å². The monoisotopic (exact) mass is 612 g/mol. The molecule has 2 rings (SSSR count). The number of hydrogen-bond acceptors (Lipinski definition) is 7. The van der Waals surface area contributed by atoms with Crippen molar-refractivity contribution in [2.75, 3.05) is 20.3 Å². The predicted octanol–water partition coefficient (Wildman–Crippen LogP) is 3.11. The number of nitrogens with zero attached hydrogens (tertiary/aromatic N) is 2. The second kappa shape index (κ2) is 12.3. The van der Waals surface area contributed by atoms with Crippen molar-refractivity contribution in [3.8, 4) is 0 Å². The second-order valence-electron chi connectivity index (χ2n) is 9.97. The summed E-state index contributed by atoms with van der Waals surface area (Å²) in [6.45, 7) is 15.4. The third-order valence-corrected chi connectivity index (χ3v) is 8.65. The van der Waals surface area contributed by atoms with Crippen molar-refractivity contribution in [2.45, 2.75) is 88.6 Å². The molecule has 196 valence electrons. The summed E-state index contributed by atoms with van der Waals surface area (Å²) < 4.78 is 15.7. The molecule has 2 heterocycles. The maximum absolute atomic E-state index is 12.4. The molecule has 2 aliphatic rings. The van der Waals surface area contributed by atoms with Crippen LogP contribution in [0, 0.1) is 11.8 Å². The van der Waals surface area contributed by atoms with Crippen LogP contribution in [0.5, 0.6) is 0 Å². The third-order valence-electron chi connectivity index (χ3n) is 5.75. The molecule has 9 nitrogen and oxygen atoms in total. The van der Waals surface area contributed by atoms with Crippen LogP contribution in [0.15, 0.2) is 0 Å². The van der Waals surface area contributed by atoms with Crippen molar-refractivity contribution in [3.05, 3.63) is 0 Å². The third kappa shape index (κ3) is 7.01. The van der Waals surface area contributed by atoms with Crippen molar-refractivity contribution in [2.24, 2.45) is 11.8 Å². The van der Waals surface area contributed by atoms with Crippen LogP contribution in [0.3, 0.4) is 0 Å². The van der Waals surface area contributed by atoms with Crippen LogP contribution in [0.1, 0.15) is 55.4 Å². The van der Waals surface area contributed by atoms with Crippen LogP contribution in [0.4, 0.5) is 0 Å². The Labute approximate surface area is 219 Å². The van der Waals surface area contributed by atoms with E-state index in [1.54, 1.807) is 27.7 Å². The normalized spacial score (nSPS) is 25.0. The molecule has 2 fully saturated rings. The van der Waals surface area contributed by atoms with E-state index in [0.29, 0.717) is 0 Å². The molecule has 0 aromatic heterocycles. The first-order valence-corrected chi connectivity index (χ1v) is 13.1. The largest absolute Gasteiger partial charge is 0.467 e. The molecule has 34 heavy (non-hydrogen) atoms. The highest BCUT2D eigenvalue weighted by atomic mass is 79.9. The van der Waals surface area contributed by atoms with E-state index in [0.717, 1.165) is 6.29 Å². The number of esters is 1. The Morgan fingerprint density at radius 2 is 1.29 bits per heavy atom. The summed E-state index contributed by atoms with van der Waals surface area (Å²) in [6.07, 6.45) is 0.771. The summed E-state index contributed by atoms with van der Waals surface area (Å²) in [6, 6.07) is -1.14. The van der Waals surface area contributed by atoms with Crippen LogP contribution in [0.2, 0.25) is 0 Å². The Morgan fingerprint density at radius 3 is 1.71 bits per heavy atom. The maximum atomic E-state index is 12.4. The van der Waals surface area contributed by atoms with E-state index in [4.69, 9.17) is 14.2 Å². The molecule has 0 saturated carbocycles. The summed E-state index contributed by atoms with van der Waals surface area (Å²) >= 11 is 6.73. The Morgan fingerprint density at radius 1 is 0.882 bits per heavy atom. The Balaban J connectivity index is 0.000000342. The van der Waals surface area contributed by atoms with Crippen LogP contribution < -0.4 is 0 Å². The Kier molecular flexibility index (Phi) is 11.2. The molecule has 0 spiro atoms. The van der Waals surface area contributed by atoms with Gasteiger partial charge in [0.25, 0.3) is 0 Å². The summed E-state index contributed by atoms with van der Waals surface area (Å²) in [4.78, 5) is 49.6. The van der Waals surface area contributed by atoms with Crippen LogP contribution >= 0.6 is 31.9 Å². The van der Waals surface area contributed by atoms with E-state index < -0.39 is 29.5 Å². The fourth-order valence-corrected chi connectivity index (χ4v) is 4.17.